The van der Waals surface area contributed by atoms with E-state index in [0.717, 1.165) is 22.0 Å². The van der Waals surface area contributed by atoms with Gasteiger partial charge < -0.3 is 14.2 Å². The van der Waals surface area contributed by atoms with Crippen LogP contribution in [0.15, 0.2) is 47.6 Å². The van der Waals surface area contributed by atoms with Crippen LogP contribution >= 0.6 is 0 Å². The van der Waals surface area contributed by atoms with Crippen LogP contribution in [-0.4, -0.2) is 32.5 Å². The van der Waals surface area contributed by atoms with Crippen LogP contribution in [0.5, 0.6) is 17.2 Å². The topological polar surface area (TPSA) is 65.0 Å². The molecule has 0 spiro atoms. The van der Waals surface area contributed by atoms with Crippen molar-refractivity contribution >= 4 is 22.9 Å². The number of ether oxygens (including phenoxy) is 3. The molecule has 0 fully saturated rings. The minimum Gasteiger partial charge on any atom is -0.493 e. The van der Waals surface area contributed by atoms with Crippen LogP contribution in [0.25, 0.3) is 10.9 Å². The van der Waals surface area contributed by atoms with E-state index in [0.29, 0.717) is 23.1 Å². The molecule has 3 aromatic rings. The molecule has 1 N–H and O–H groups in total. The first-order valence-corrected chi connectivity index (χ1v) is 8.12. The number of para-hydroxylation sites is 1. The Labute approximate surface area is 152 Å². The Morgan fingerprint density at radius 2 is 1.73 bits per heavy atom. The van der Waals surface area contributed by atoms with Crippen molar-refractivity contribution < 1.29 is 14.2 Å². The van der Waals surface area contributed by atoms with Crippen molar-refractivity contribution in [2.45, 2.75) is 6.92 Å². The molecule has 0 aliphatic heterocycles. The summed E-state index contributed by atoms with van der Waals surface area (Å²) >= 11 is 0. The number of nitrogens with one attached hydrogen (secondary N) is 1. The Hall–Kier alpha value is -3.28. The smallest absolute Gasteiger partial charge is 0.203 e. The zero-order chi connectivity index (χ0) is 18.5. The SMILES string of the molecule is COc1ccc(/C=N/Nc2cc(C)c3ccccc3n2)c(OC)c1OC. The van der Waals surface area contributed by atoms with E-state index < -0.39 is 0 Å². The number of nitrogens with zero attached hydrogens (tertiary/aromatic N) is 2. The highest BCUT2D eigenvalue weighted by molar-refractivity contribution is 5.87. The fourth-order valence-electron chi connectivity index (χ4n) is 2.80. The molecule has 0 saturated heterocycles. The molecule has 0 radical (unpaired) electrons. The molecule has 1 heterocycles. The van der Waals surface area contributed by atoms with Crippen LogP contribution in [0.2, 0.25) is 0 Å². The number of anilines is 1. The summed E-state index contributed by atoms with van der Waals surface area (Å²) in [6.07, 6.45) is 1.66. The lowest BCUT2D eigenvalue weighted by Crippen LogP contribution is -2.00. The number of aromatic nitrogens is 1. The number of hydrazone groups is 1. The van der Waals surface area contributed by atoms with E-state index in [2.05, 4.69) is 28.5 Å². The van der Waals surface area contributed by atoms with Gasteiger partial charge in [-0.2, -0.15) is 5.10 Å². The molecular formula is C20H21N3O3. The molecule has 6 heteroatoms. The van der Waals surface area contributed by atoms with Crippen molar-refractivity contribution in [2.24, 2.45) is 5.10 Å². The first-order chi connectivity index (χ1) is 12.7. The third-order valence-electron chi connectivity index (χ3n) is 4.04. The Kier molecular flexibility index (Phi) is 5.22. The zero-order valence-corrected chi connectivity index (χ0v) is 15.2. The predicted molar refractivity (Wildman–Crippen MR) is 104 cm³/mol. The van der Waals surface area contributed by atoms with Crippen LogP contribution in [-0.2, 0) is 0 Å². The van der Waals surface area contributed by atoms with E-state index in [-0.39, 0.29) is 0 Å². The van der Waals surface area contributed by atoms with Crippen LogP contribution in [0.1, 0.15) is 11.1 Å². The minimum atomic E-state index is 0.527. The molecule has 0 unspecified atom stereocenters. The van der Waals surface area contributed by atoms with Gasteiger partial charge in [0.1, 0.15) is 5.82 Å². The molecule has 0 aliphatic rings. The van der Waals surface area contributed by atoms with Crippen molar-refractivity contribution in [3.05, 3.63) is 53.6 Å². The van der Waals surface area contributed by atoms with Gasteiger partial charge in [0.25, 0.3) is 0 Å². The van der Waals surface area contributed by atoms with E-state index in [4.69, 9.17) is 14.2 Å². The number of rotatable bonds is 6. The van der Waals surface area contributed by atoms with Gasteiger partial charge in [0.2, 0.25) is 5.75 Å². The van der Waals surface area contributed by atoms with E-state index in [1.807, 2.05) is 30.3 Å². The molecule has 26 heavy (non-hydrogen) atoms. The normalized spacial score (nSPS) is 10.9. The maximum atomic E-state index is 5.45. The predicted octanol–water partition coefficient (Wildman–Crippen LogP) is 4.02. The lowest BCUT2D eigenvalue weighted by molar-refractivity contribution is 0.324. The number of methoxy groups -OCH3 is 3. The Morgan fingerprint density at radius 1 is 0.962 bits per heavy atom. The van der Waals surface area contributed by atoms with Gasteiger partial charge in [0.05, 0.1) is 33.1 Å². The van der Waals surface area contributed by atoms with Gasteiger partial charge in [-0.25, -0.2) is 4.98 Å². The molecule has 0 aliphatic carbocycles. The summed E-state index contributed by atoms with van der Waals surface area (Å²) in [5, 5.41) is 5.41. The van der Waals surface area contributed by atoms with Crippen molar-refractivity contribution in [1.29, 1.82) is 0 Å². The second-order valence-electron chi connectivity index (χ2n) is 5.64. The van der Waals surface area contributed by atoms with E-state index in [1.54, 1.807) is 33.6 Å². The first kappa shape index (κ1) is 17.5. The minimum absolute atomic E-state index is 0.527. The zero-order valence-electron chi connectivity index (χ0n) is 15.2. The highest BCUT2D eigenvalue weighted by atomic mass is 16.5. The highest BCUT2D eigenvalue weighted by Gasteiger charge is 2.14. The molecule has 2 aromatic carbocycles. The molecule has 0 bridgehead atoms. The summed E-state index contributed by atoms with van der Waals surface area (Å²) < 4.78 is 16.1. The van der Waals surface area contributed by atoms with Gasteiger partial charge in [0, 0.05) is 10.9 Å². The van der Waals surface area contributed by atoms with Crippen molar-refractivity contribution in [3.8, 4) is 17.2 Å². The molecule has 0 amide bonds. The molecular weight excluding hydrogens is 330 g/mol. The van der Waals surface area contributed by atoms with Crippen LogP contribution < -0.4 is 19.6 Å². The third kappa shape index (κ3) is 3.39. The van der Waals surface area contributed by atoms with E-state index in [1.165, 1.54) is 0 Å². The van der Waals surface area contributed by atoms with Gasteiger partial charge in [-0.3, -0.25) is 5.43 Å². The van der Waals surface area contributed by atoms with Gasteiger partial charge in [-0.1, -0.05) is 18.2 Å². The number of hydrogen-bond acceptors (Lipinski definition) is 6. The number of benzene rings is 2. The summed E-state index contributed by atoms with van der Waals surface area (Å²) in [4.78, 5) is 4.57. The van der Waals surface area contributed by atoms with Gasteiger partial charge in [-0.15, -0.1) is 0 Å². The molecule has 1 aromatic heterocycles. The van der Waals surface area contributed by atoms with Gasteiger partial charge in [-0.05, 0) is 36.8 Å². The molecule has 0 atom stereocenters. The fraction of sp³-hybridized carbons (Fsp3) is 0.200. The average Bonchev–Trinajstić information content (AvgIpc) is 2.67. The van der Waals surface area contributed by atoms with Crippen molar-refractivity contribution in [1.82, 2.24) is 4.98 Å². The Bertz CT molecular complexity index is 954. The Balaban J connectivity index is 1.87. The van der Waals surface area contributed by atoms with Crippen LogP contribution in [0.4, 0.5) is 5.82 Å². The molecule has 6 nitrogen and oxygen atoms in total. The van der Waals surface area contributed by atoms with E-state index >= 15 is 0 Å². The number of fused-ring (bicyclic) bond motifs is 1. The fourth-order valence-corrected chi connectivity index (χ4v) is 2.80. The molecule has 3 rings (SSSR count). The molecule has 134 valence electrons. The summed E-state index contributed by atoms with van der Waals surface area (Å²) in [5.74, 6) is 2.36. The summed E-state index contributed by atoms with van der Waals surface area (Å²) in [5.41, 5.74) is 5.79. The summed E-state index contributed by atoms with van der Waals surface area (Å²) in [6, 6.07) is 13.6. The van der Waals surface area contributed by atoms with Crippen molar-refractivity contribution in [3.63, 3.8) is 0 Å². The monoisotopic (exact) mass is 351 g/mol. The number of pyridine rings is 1. The average molecular weight is 351 g/mol. The quantitative estimate of drug-likeness (QED) is 0.537. The van der Waals surface area contributed by atoms with Crippen molar-refractivity contribution in [2.75, 3.05) is 26.8 Å². The standard InChI is InChI=1S/C20H21N3O3/c1-13-11-18(22-16-8-6-5-7-15(13)16)23-21-12-14-9-10-17(24-2)20(26-4)19(14)25-3/h5-12H,1-4H3,(H,22,23)/b21-12+. The van der Waals surface area contributed by atoms with Gasteiger partial charge >= 0.3 is 0 Å². The summed E-state index contributed by atoms with van der Waals surface area (Å²) in [7, 11) is 4.73. The number of hydrogen-bond donors (Lipinski definition) is 1. The van der Waals surface area contributed by atoms with Gasteiger partial charge in [0.15, 0.2) is 11.5 Å². The number of aryl methyl sites for hydroxylation is 1. The van der Waals surface area contributed by atoms with E-state index in [9.17, 15) is 0 Å². The lowest BCUT2D eigenvalue weighted by Gasteiger charge is -2.13. The maximum Gasteiger partial charge on any atom is 0.203 e. The third-order valence-corrected chi connectivity index (χ3v) is 4.04. The largest absolute Gasteiger partial charge is 0.493 e. The molecule has 0 saturated carbocycles. The van der Waals surface area contributed by atoms with Crippen LogP contribution in [0.3, 0.4) is 0 Å². The summed E-state index contributed by atoms with van der Waals surface area (Å²) in [6.45, 7) is 2.05. The lowest BCUT2D eigenvalue weighted by atomic mass is 10.1. The van der Waals surface area contributed by atoms with Crippen LogP contribution in [0, 0.1) is 6.92 Å². The second kappa shape index (κ2) is 7.74. The Morgan fingerprint density at radius 3 is 2.46 bits per heavy atom. The highest BCUT2D eigenvalue weighted by Crippen LogP contribution is 2.39. The maximum absolute atomic E-state index is 5.45. The first-order valence-electron chi connectivity index (χ1n) is 8.12. The second-order valence-corrected chi connectivity index (χ2v) is 5.64.